The molecule has 0 aromatic carbocycles. The van der Waals surface area contributed by atoms with Gasteiger partial charge in [0.05, 0.1) is 6.20 Å². The van der Waals surface area contributed by atoms with Gasteiger partial charge in [-0.1, -0.05) is 17.3 Å². The molecule has 0 aliphatic heterocycles. The fraction of sp³-hybridized carbons (Fsp3) is 0.778. The summed E-state index contributed by atoms with van der Waals surface area (Å²) in [6.07, 6.45) is 6.88. The van der Waals surface area contributed by atoms with Gasteiger partial charge < -0.3 is 11.1 Å². The van der Waals surface area contributed by atoms with Crippen LogP contribution in [0.2, 0.25) is 0 Å². The molecule has 0 radical (unpaired) electrons. The molecule has 1 saturated carbocycles. The average molecular weight is 212 g/mol. The summed E-state index contributed by atoms with van der Waals surface area (Å²) < 4.78 is 3.84. The molecule has 1 heterocycles. The predicted octanol–water partition coefficient (Wildman–Crippen LogP) is 1.47. The molecule has 1 aliphatic rings. The standard InChI is InChI=1S/C9H16N4S/c10-5-7-3-1-2-4-8(7)12-9-6-11-13-14-9/h6-8,12H,1-5,10H2. The molecule has 0 bridgehead atoms. The van der Waals surface area contributed by atoms with Crippen LogP contribution in [0.4, 0.5) is 5.00 Å². The van der Waals surface area contributed by atoms with Crippen LogP contribution in [0.5, 0.6) is 0 Å². The van der Waals surface area contributed by atoms with Gasteiger partial charge >= 0.3 is 0 Å². The van der Waals surface area contributed by atoms with E-state index in [1.807, 2.05) is 0 Å². The minimum Gasteiger partial charge on any atom is -0.371 e. The number of hydrogen-bond acceptors (Lipinski definition) is 5. The molecule has 5 heteroatoms. The molecule has 1 aromatic rings. The van der Waals surface area contributed by atoms with Crippen LogP contribution in [0, 0.1) is 5.92 Å². The minimum atomic E-state index is 0.524. The number of nitrogens with zero attached hydrogens (tertiary/aromatic N) is 2. The maximum absolute atomic E-state index is 5.75. The third-order valence-electron chi connectivity index (χ3n) is 2.90. The van der Waals surface area contributed by atoms with E-state index in [9.17, 15) is 0 Å². The van der Waals surface area contributed by atoms with Crippen molar-refractivity contribution >= 4 is 16.5 Å². The number of hydrogen-bond donors (Lipinski definition) is 2. The van der Waals surface area contributed by atoms with Crippen LogP contribution in [0.15, 0.2) is 6.20 Å². The van der Waals surface area contributed by atoms with Crippen molar-refractivity contribution in [1.82, 2.24) is 9.59 Å². The van der Waals surface area contributed by atoms with Gasteiger partial charge in [0.25, 0.3) is 0 Å². The van der Waals surface area contributed by atoms with Crippen molar-refractivity contribution in [3.05, 3.63) is 6.20 Å². The summed E-state index contributed by atoms with van der Waals surface area (Å²) >= 11 is 1.42. The van der Waals surface area contributed by atoms with Crippen molar-refractivity contribution in [2.45, 2.75) is 31.7 Å². The molecule has 4 nitrogen and oxygen atoms in total. The molecule has 2 atom stereocenters. The normalized spacial score (nSPS) is 27.5. The first-order valence-corrected chi connectivity index (χ1v) is 5.91. The van der Waals surface area contributed by atoms with Crippen molar-refractivity contribution in [1.29, 1.82) is 0 Å². The van der Waals surface area contributed by atoms with E-state index in [2.05, 4.69) is 14.9 Å². The zero-order valence-corrected chi connectivity index (χ0v) is 8.96. The van der Waals surface area contributed by atoms with Gasteiger partial charge in [0, 0.05) is 17.6 Å². The van der Waals surface area contributed by atoms with Gasteiger partial charge in [-0.2, -0.15) is 0 Å². The molecular formula is C9H16N4S. The lowest BCUT2D eigenvalue weighted by atomic mass is 9.84. The Morgan fingerprint density at radius 1 is 1.50 bits per heavy atom. The monoisotopic (exact) mass is 212 g/mol. The van der Waals surface area contributed by atoms with Crippen molar-refractivity contribution < 1.29 is 0 Å². The van der Waals surface area contributed by atoms with Gasteiger partial charge in [0.15, 0.2) is 0 Å². The molecule has 2 unspecified atom stereocenters. The number of nitrogens with two attached hydrogens (primary N) is 1. The van der Waals surface area contributed by atoms with Crippen molar-refractivity contribution in [2.24, 2.45) is 11.7 Å². The Kier molecular flexibility index (Phi) is 3.31. The Labute approximate surface area is 88.1 Å². The Balaban J connectivity index is 1.94. The highest BCUT2D eigenvalue weighted by Gasteiger charge is 2.23. The number of aromatic nitrogens is 2. The Morgan fingerprint density at radius 2 is 2.36 bits per heavy atom. The molecule has 1 fully saturated rings. The molecule has 0 amide bonds. The second-order valence-electron chi connectivity index (χ2n) is 3.81. The average Bonchev–Trinajstić information content (AvgIpc) is 2.71. The molecule has 0 spiro atoms. The first-order chi connectivity index (χ1) is 6.90. The van der Waals surface area contributed by atoms with Gasteiger partial charge in [-0.05, 0) is 25.3 Å². The Hall–Kier alpha value is -0.680. The minimum absolute atomic E-state index is 0.524. The second-order valence-corrected chi connectivity index (χ2v) is 4.60. The molecular weight excluding hydrogens is 196 g/mol. The van der Waals surface area contributed by atoms with E-state index in [4.69, 9.17) is 5.73 Å². The summed E-state index contributed by atoms with van der Waals surface area (Å²) in [4.78, 5) is 0. The second kappa shape index (κ2) is 4.70. The first kappa shape index (κ1) is 9.86. The maximum atomic E-state index is 5.75. The highest BCUT2D eigenvalue weighted by molar-refractivity contribution is 7.09. The maximum Gasteiger partial charge on any atom is 0.130 e. The van der Waals surface area contributed by atoms with E-state index < -0.39 is 0 Å². The molecule has 14 heavy (non-hydrogen) atoms. The van der Waals surface area contributed by atoms with Crippen LogP contribution in [-0.4, -0.2) is 22.2 Å². The van der Waals surface area contributed by atoms with E-state index >= 15 is 0 Å². The third kappa shape index (κ3) is 2.22. The van der Waals surface area contributed by atoms with E-state index in [0.717, 1.165) is 11.5 Å². The van der Waals surface area contributed by atoms with Crippen molar-refractivity contribution in [2.75, 3.05) is 11.9 Å². The number of anilines is 1. The lowest BCUT2D eigenvalue weighted by molar-refractivity contribution is 0.333. The first-order valence-electron chi connectivity index (χ1n) is 5.14. The van der Waals surface area contributed by atoms with E-state index in [1.54, 1.807) is 6.20 Å². The van der Waals surface area contributed by atoms with Crippen LogP contribution < -0.4 is 11.1 Å². The van der Waals surface area contributed by atoms with Crippen LogP contribution >= 0.6 is 11.5 Å². The molecule has 1 aliphatic carbocycles. The largest absolute Gasteiger partial charge is 0.371 e. The summed E-state index contributed by atoms with van der Waals surface area (Å²) in [6, 6.07) is 0.524. The van der Waals surface area contributed by atoms with E-state index in [0.29, 0.717) is 12.0 Å². The summed E-state index contributed by atoms with van der Waals surface area (Å²) in [5.41, 5.74) is 5.75. The van der Waals surface area contributed by atoms with Crippen LogP contribution in [-0.2, 0) is 0 Å². The zero-order chi connectivity index (χ0) is 9.80. The highest BCUT2D eigenvalue weighted by Crippen LogP contribution is 2.27. The Bertz CT molecular complexity index is 262. The summed E-state index contributed by atoms with van der Waals surface area (Å²) in [5, 5.41) is 8.35. The van der Waals surface area contributed by atoms with Crippen molar-refractivity contribution in [3.8, 4) is 0 Å². The number of rotatable bonds is 3. The lowest BCUT2D eigenvalue weighted by Gasteiger charge is -2.31. The predicted molar refractivity (Wildman–Crippen MR) is 58.3 cm³/mol. The van der Waals surface area contributed by atoms with Crippen molar-refractivity contribution in [3.63, 3.8) is 0 Å². The summed E-state index contributed by atoms with van der Waals surface area (Å²) in [7, 11) is 0. The fourth-order valence-electron chi connectivity index (χ4n) is 2.09. The van der Waals surface area contributed by atoms with Gasteiger partial charge in [-0.15, -0.1) is 5.10 Å². The van der Waals surface area contributed by atoms with Crippen LogP contribution in [0.3, 0.4) is 0 Å². The molecule has 78 valence electrons. The van der Waals surface area contributed by atoms with E-state index in [1.165, 1.54) is 37.2 Å². The third-order valence-corrected chi connectivity index (χ3v) is 3.50. The SMILES string of the molecule is NCC1CCCCC1Nc1cnns1. The number of nitrogens with one attached hydrogen (secondary N) is 1. The fourth-order valence-corrected chi connectivity index (χ4v) is 2.57. The van der Waals surface area contributed by atoms with Gasteiger partial charge in [0.2, 0.25) is 0 Å². The molecule has 0 saturated heterocycles. The van der Waals surface area contributed by atoms with Gasteiger partial charge in [0.1, 0.15) is 5.00 Å². The zero-order valence-electron chi connectivity index (χ0n) is 8.15. The smallest absolute Gasteiger partial charge is 0.130 e. The lowest BCUT2D eigenvalue weighted by Crippen LogP contribution is -2.36. The molecule has 3 N–H and O–H groups in total. The summed E-state index contributed by atoms with van der Waals surface area (Å²) in [5.74, 6) is 0.617. The van der Waals surface area contributed by atoms with Crippen LogP contribution in [0.1, 0.15) is 25.7 Å². The van der Waals surface area contributed by atoms with E-state index in [-0.39, 0.29) is 0 Å². The molecule has 1 aromatic heterocycles. The van der Waals surface area contributed by atoms with Gasteiger partial charge in [-0.25, -0.2) is 0 Å². The highest BCUT2D eigenvalue weighted by atomic mass is 32.1. The molecule has 2 rings (SSSR count). The topological polar surface area (TPSA) is 63.8 Å². The Morgan fingerprint density at radius 3 is 3.07 bits per heavy atom. The van der Waals surface area contributed by atoms with Crippen LogP contribution in [0.25, 0.3) is 0 Å². The summed E-state index contributed by atoms with van der Waals surface area (Å²) in [6.45, 7) is 0.782. The van der Waals surface area contributed by atoms with Gasteiger partial charge in [-0.3, -0.25) is 0 Å². The quantitative estimate of drug-likeness (QED) is 0.796.